The molecule has 4 aromatic rings. The van der Waals surface area contributed by atoms with Crippen molar-refractivity contribution in [1.82, 2.24) is 0 Å². The van der Waals surface area contributed by atoms with E-state index in [9.17, 15) is 0 Å². The van der Waals surface area contributed by atoms with Gasteiger partial charge in [-0.15, -0.1) is 96.5 Å². The molecule has 0 N–H and O–H groups in total. The van der Waals surface area contributed by atoms with Crippen molar-refractivity contribution in [3.8, 4) is 0 Å². The van der Waals surface area contributed by atoms with Gasteiger partial charge in [-0.05, 0) is 26.7 Å². The summed E-state index contributed by atoms with van der Waals surface area (Å²) in [6.07, 6.45) is 0. The maximum absolute atomic E-state index is 2.31. The molecule has 0 aliphatic rings. The van der Waals surface area contributed by atoms with E-state index in [1.807, 2.05) is 0 Å². The second-order valence-electron chi connectivity index (χ2n) is 6.47. The molecule has 0 aliphatic carbocycles. The summed E-state index contributed by atoms with van der Waals surface area (Å²) < 4.78 is 0. The van der Waals surface area contributed by atoms with Crippen LogP contribution in [0.4, 0.5) is 0 Å². The van der Waals surface area contributed by atoms with Crippen LogP contribution in [0, 0.1) is 0 Å². The van der Waals surface area contributed by atoms with E-state index in [4.69, 9.17) is 0 Å². The van der Waals surface area contributed by atoms with Crippen molar-refractivity contribution in [1.29, 1.82) is 0 Å². The number of fused-ring (bicyclic) bond motifs is 2. The minimum atomic E-state index is 0. The molecule has 0 spiro atoms. The van der Waals surface area contributed by atoms with E-state index in [1.165, 1.54) is 32.2 Å². The van der Waals surface area contributed by atoms with Crippen LogP contribution in [-0.2, 0) is 25.8 Å². The molecule has 0 aromatic heterocycles. The Morgan fingerprint density at radius 1 is 0.600 bits per heavy atom. The Labute approximate surface area is 172 Å². The first-order chi connectivity index (χ1) is 11.5. The Balaban J connectivity index is 0.000000173. The average Bonchev–Trinajstić information content (AvgIpc) is 3.19. The van der Waals surface area contributed by atoms with Crippen molar-refractivity contribution in [2.45, 2.75) is 0 Å². The Kier molecular flexibility index (Phi) is 7.75. The standard InChI is InChI=1S/2C11H12P.Hf/c2*1-12(2)11-7-9-5-3-4-6-10(9)8-11;/h2*3-8H,1-2H3;/q2*-1;+4. The molecule has 25 heavy (non-hydrogen) atoms. The SMILES string of the molecule is CP(C)c1cc2ccccc2[cH-]1.CP(C)c1cc2ccccc2[cH-]1.[Hf+4]. The Morgan fingerprint density at radius 3 is 1.28 bits per heavy atom. The molecule has 4 aromatic carbocycles. The van der Waals surface area contributed by atoms with Gasteiger partial charge in [0.15, 0.2) is 0 Å². The summed E-state index contributed by atoms with van der Waals surface area (Å²) in [5.74, 6) is 0. The van der Waals surface area contributed by atoms with E-state index < -0.39 is 0 Å². The van der Waals surface area contributed by atoms with Gasteiger partial charge < -0.3 is 0 Å². The van der Waals surface area contributed by atoms with Crippen LogP contribution in [0.3, 0.4) is 0 Å². The molecule has 124 valence electrons. The van der Waals surface area contributed by atoms with Gasteiger partial charge in [0.2, 0.25) is 0 Å². The summed E-state index contributed by atoms with van der Waals surface area (Å²) in [6, 6.07) is 26.3. The molecular formula is C22H24HfP2+2. The normalized spacial score (nSPS) is 10.8. The second kappa shape index (κ2) is 9.36. The van der Waals surface area contributed by atoms with Crippen molar-refractivity contribution in [2.24, 2.45) is 0 Å². The fourth-order valence-electron chi connectivity index (χ4n) is 2.78. The van der Waals surface area contributed by atoms with Crippen LogP contribution in [0.15, 0.2) is 72.8 Å². The topological polar surface area (TPSA) is 0 Å². The first kappa shape index (κ1) is 20.7. The van der Waals surface area contributed by atoms with Crippen LogP contribution in [0.5, 0.6) is 0 Å². The fourth-order valence-corrected chi connectivity index (χ4v) is 4.37. The van der Waals surface area contributed by atoms with Gasteiger partial charge in [-0.2, -0.15) is 12.1 Å². The molecule has 0 saturated carbocycles. The molecule has 0 atom stereocenters. The molecule has 0 unspecified atom stereocenters. The molecule has 0 amide bonds. The van der Waals surface area contributed by atoms with E-state index in [2.05, 4.69) is 99.5 Å². The third-order valence-corrected chi connectivity index (χ3v) is 6.82. The van der Waals surface area contributed by atoms with Gasteiger partial charge in [0, 0.05) is 0 Å². The first-order valence-corrected chi connectivity index (χ1v) is 12.7. The summed E-state index contributed by atoms with van der Waals surface area (Å²) in [4.78, 5) is 0. The minimum Gasteiger partial charge on any atom is -0.161 e. The van der Waals surface area contributed by atoms with Crippen LogP contribution in [0.1, 0.15) is 0 Å². The zero-order valence-corrected chi connectivity index (χ0v) is 20.7. The van der Waals surface area contributed by atoms with E-state index >= 15 is 0 Å². The van der Waals surface area contributed by atoms with Gasteiger partial charge in [0.25, 0.3) is 0 Å². The predicted molar refractivity (Wildman–Crippen MR) is 116 cm³/mol. The van der Waals surface area contributed by atoms with Gasteiger partial charge in [-0.25, -0.2) is 0 Å². The van der Waals surface area contributed by atoms with E-state index in [1.54, 1.807) is 0 Å². The van der Waals surface area contributed by atoms with E-state index in [0.29, 0.717) is 0 Å². The quantitative estimate of drug-likeness (QED) is 0.174. The zero-order chi connectivity index (χ0) is 17.1. The molecule has 4 rings (SSSR count). The van der Waals surface area contributed by atoms with Crippen LogP contribution in [0.2, 0.25) is 0 Å². The van der Waals surface area contributed by atoms with Crippen LogP contribution in [-0.4, -0.2) is 26.7 Å². The van der Waals surface area contributed by atoms with Gasteiger partial charge in [0.1, 0.15) is 0 Å². The van der Waals surface area contributed by atoms with Crippen LogP contribution in [0.25, 0.3) is 21.5 Å². The summed E-state index contributed by atoms with van der Waals surface area (Å²) in [7, 11) is 0.115. The molecule has 0 fully saturated rings. The molecule has 0 radical (unpaired) electrons. The van der Waals surface area contributed by atoms with Gasteiger partial charge in [-0.1, -0.05) is 12.1 Å². The average molecular weight is 529 g/mol. The third kappa shape index (κ3) is 5.19. The molecular weight excluding hydrogens is 505 g/mol. The van der Waals surface area contributed by atoms with E-state index in [0.717, 1.165) is 0 Å². The van der Waals surface area contributed by atoms with Crippen molar-refractivity contribution >= 4 is 48.0 Å². The summed E-state index contributed by atoms with van der Waals surface area (Å²) >= 11 is 0. The molecule has 0 saturated heterocycles. The zero-order valence-electron chi connectivity index (χ0n) is 15.3. The minimum absolute atomic E-state index is 0. The Morgan fingerprint density at radius 2 is 0.960 bits per heavy atom. The number of rotatable bonds is 2. The van der Waals surface area contributed by atoms with Gasteiger partial charge in [0.05, 0.1) is 0 Å². The molecule has 0 heterocycles. The van der Waals surface area contributed by atoms with Crippen molar-refractivity contribution in [3.63, 3.8) is 0 Å². The first-order valence-electron chi connectivity index (χ1n) is 8.20. The Bertz CT molecular complexity index is 787. The maximum atomic E-state index is 2.31. The summed E-state index contributed by atoms with van der Waals surface area (Å²) in [5, 5.41) is 8.53. The Hall–Kier alpha value is -0.610. The molecule has 3 heteroatoms. The third-order valence-electron chi connectivity index (χ3n) is 4.24. The second-order valence-corrected chi connectivity index (χ2v) is 11.1. The summed E-state index contributed by atoms with van der Waals surface area (Å²) in [6.45, 7) is 9.18. The smallest absolute Gasteiger partial charge is 0.161 e. The number of hydrogen-bond donors (Lipinski definition) is 0. The molecule has 0 aliphatic heterocycles. The monoisotopic (exact) mass is 530 g/mol. The maximum Gasteiger partial charge on any atom is 4.00 e. The number of hydrogen-bond acceptors (Lipinski definition) is 0. The van der Waals surface area contributed by atoms with Gasteiger partial charge in [-0.3, -0.25) is 0 Å². The van der Waals surface area contributed by atoms with Crippen LogP contribution < -0.4 is 10.6 Å². The van der Waals surface area contributed by atoms with Crippen molar-refractivity contribution in [3.05, 3.63) is 72.8 Å². The molecule has 0 nitrogen and oxygen atoms in total. The van der Waals surface area contributed by atoms with Gasteiger partial charge >= 0.3 is 25.8 Å². The fraction of sp³-hybridized carbons (Fsp3) is 0.182. The predicted octanol–water partition coefficient (Wildman–Crippen LogP) is 5.85. The number of benzene rings is 2. The largest absolute Gasteiger partial charge is 4.00 e. The van der Waals surface area contributed by atoms with Crippen molar-refractivity contribution in [2.75, 3.05) is 26.7 Å². The molecule has 0 bridgehead atoms. The van der Waals surface area contributed by atoms with Crippen LogP contribution >= 0.6 is 15.8 Å². The van der Waals surface area contributed by atoms with Crippen molar-refractivity contribution < 1.29 is 25.8 Å². The van der Waals surface area contributed by atoms with E-state index in [-0.39, 0.29) is 41.7 Å². The summed E-state index contributed by atoms with van der Waals surface area (Å²) in [5.41, 5.74) is 0.